The molecule has 8 heteroatoms. The molecule has 0 saturated carbocycles. The molecule has 0 bridgehead atoms. The van der Waals surface area contributed by atoms with Crippen molar-refractivity contribution in [2.75, 3.05) is 4.90 Å². The highest BCUT2D eigenvalue weighted by Crippen LogP contribution is 2.41. The standard InChI is InChI=1S/C62H36N8/c63-37-44-13-7-9-19-52(44)59-36-58(67-62(68-59)53-20-10-8-14-45(53)38-64)43-25-23-41(24-26-43)55-33-47(40-66)56(34-46(55)39-65)42-27-29-50(30-28-42)70-60-22-12-11-21-54(60)57-35-51(31-32-61(57)70)69(48-15-3-1-4-16-48)49-17-5-2-6-18-49/h1-36H. The molecular weight excluding hydrogens is 857 g/mol. The van der Waals surface area contributed by atoms with E-state index in [2.05, 4.69) is 137 Å². The first-order valence-corrected chi connectivity index (χ1v) is 22.5. The Labute approximate surface area is 404 Å². The summed E-state index contributed by atoms with van der Waals surface area (Å²) >= 11 is 0. The van der Waals surface area contributed by atoms with Crippen LogP contribution in [0, 0.1) is 45.3 Å². The van der Waals surface area contributed by atoms with Gasteiger partial charge in [0, 0.05) is 61.3 Å². The van der Waals surface area contributed by atoms with E-state index in [1.54, 1.807) is 36.4 Å². The molecule has 0 aliphatic rings. The Morgan fingerprint density at radius 3 is 1.44 bits per heavy atom. The molecular formula is C62H36N8. The predicted octanol–water partition coefficient (Wildman–Crippen LogP) is 14.9. The predicted molar refractivity (Wildman–Crippen MR) is 277 cm³/mol. The van der Waals surface area contributed by atoms with Crippen LogP contribution in [-0.2, 0) is 0 Å². The molecule has 9 aromatic carbocycles. The molecule has 0 atom stereocenters. The number of benzene rings is 9. The second-order valence-electron chi connectivity index (χ2n) is 16.6. The largest absolute Gasteiger partial charge is 0.310 e. The molecule has 0 amide bonds. The first-order valence-electron chi connectivity index (χ1n) is 22.5. The van der Waals surface area contributed by atoms with Crippen molar-refractivity contribution in [3.05, 3.63) is 241 Å². The van der Waals surface area contributed by atoms with Crippen LogP contribution in [0.15, 0.2) is 218 Å². The first-order chi connectivity index (χ1) is 34.5. The SMILES string of the molecule is N#Cc1cc(-c2ccc(-n3c4ccccc4c4cc(N(c5ccccc5)c5ccccc5)ccc43)cc2)c(C#N)cc1-c1ccc(-c2cc(-c3ccccc3C#N)nc(-c3ccccc3C#N)n2)cc1. The van der Waals surface area contributed by atoms with Crippen LogP contribution < -0.4 is 4.90 Å². The second kappa shape index (κ2) is 18.1. The fourth-order valence-corrected chi connectivity index (χ4v) is 9.29. The second-order valence-corrected chi connectivity index (χ2v) is 16.6. The summed E-state index contributed by atoms with van der Waals surface area (Å²) in [5.41, 5.74) is 14.0. The van der Waals surface area contributed by atoms with Crippen molar-refractivity contribution in [1.29, 1.82) is 21.0 Å². The van der Waals surface area contributed by atoms with Crippen molar-refractivity contribution in [3.63, 3.8) is 0 Å². The minimum atomic E-state index is 0.356. The quantitative estimate of drug-likeness (QED) is 0.141. The number of para-hydroxylation sites is 3. The molecule has 0 aliphatic carbocycles. The Morgan fingerprint density at radius 2 is 0.829 bits per heavy atom. The molecule has 8 nitrogen and oxygen atoms in total. The maximum Gasteiger partial charge on any atom is 0.161 e. The van der Waals surface area contributed by atoms with Crippen LogP contribution in [0.5, 0.6) is 0 Å². The average Bonchev–Trinajstić information content (AvgIpc) is 3.77. The zero-order chi connectivity index (χ0) is 47.6. The Balaban J connectivity index is 0.936. The third kappa shape index (κ3) is 7.63. The van der Waals surface area contributed by atoms with Crippen LogP contribution >= 0.6 is 0 Å². The fourth-order valence-electron chi connectivity index (χ4n) is 9.29. The van der Waals surface area contributed by atoms with Crippen LogP contribution in [0.3, 0.4) is 0 Å². The van der Waals surface area contributed by atoms with Gasteiger partial charge in [-0.05, 0) is 108 Å². The van der Waals surface area contributed by atoms with Gasteiger partial charge in [0.15, 0.2) is 5.82 Å². The van der Waals surface area contributed by atoms with Crippen LogP contribution in [-0.4, -0.2) is 14.5 Å². The van der Waals surface area contributed by atoms with Gasteiger partial charge < -0.3 is 9.47 Å². The van der Waals surface area contributed by atoms with Crippen molar-refractivity contribution in [1.82, 2.24) is 14.5 Å². The lowest BCUT2D eigenvalue weighted by Crippen LogP contribution is -2.09. The Bertz CT molecular complexity index is 3860. The topological polar surface area (TPSA) is 129 Å². The maximum atomic E-state index is 10.6. The Morgan fingerprint density at radius 1 is 0.343 bits per heavy atom. The lowest BCUT2D eigenvalue weighted by atomic mass is 9.91. The summed E-state index contributed by atoms with van der Waals surface area (Å²) in [5.74, 6) is 0.356. The smallest absolute Gasteiger partial charge is 0.161 e. The average molecular weight is 893 g/mol. The highest BCUT2D eigenvalue weighted by molar-refractivity contribution is 6.10. The van der Waals surface area contributed by atoms with E-state index in [0.29, 0.717) is 61.7 Å². The third-order valence-corrected chi connectivity index (χ3v) is 12.6. The first kappa shape index (κ1) is 42.3. The monoisotopic (exact) mass is 892 g/mol. The van der Waals surface area contributed by atoms with E-state index in [1.807, 2.05) is 78.9 Å². The molecule has 0 radical (unpaired) electrons. The van der Waals surface area contributed by atoms with Gasteiger partial charge in [-0.3, -0.25) is 0 Å². The molecule has 0 fully saturated rings. The molecule has 2 heterocycles. The lowest BCUT2D eigenvalue weighted by molar-refractivity contribution is 1.18. The number of fused-ring (bicyclic) bond motifs is 3. The summed E-state index contributed by atoms with van der Waals surface area (Å²) in [6.07, 6.45) is 0. The van der Waals surface area contributed by atoms with Crippen molar-refractivity contribution in [3.8, 4) is 86.1 Å². The maximum absolute atomic E-state index is 10.6. The van der Waals surface area contributed by atoms with Crippen LogP contribution in [0.1, 0.15) is 22.3 Å². The van der Waals surface area contributed by atoms with E-state index in [4.69, 9.17) is 9.97 Å². The molecule has 0 unspecified atom stereocenters. The minimum absolute atomic E-state index is 0.356. The number of nitriles is 4. The molecule has 0 spiro atoms. The number of hydrogen-bond donors (Lipinski definition) is 0. The number of aromatic nitrogens is 3. The summed E-state index contributed by atoms with van der Waals surface area (Å²) in [5, 5.41) is 43.3. The van der Waals surface area contributed by atoms with Crippen molar-refractivity contribution in [2.24, 2.45) is 0 Å². The van der Waals surface area contributed by atoms with Crippen molar-refractivity contribution in [2.45, 2.75) is 0 Å². The molecule has 11 rings (SSSR count). The van der Waals surface area contributed by atoms with Gasteiger partial charge in [0.05, 0.1) is 69.0 Å². The van der Waals surface area contributed by atoms with E-state index in [9.17, 15) is 21.0 Å². The highest BCUT2D eigenvalue weighted by Gasteiger charge is 2.20. The van der Waals surface area contributed by atoms with E-state index in [-0.39, 0.29) is 0 Å². The number of rotatable bonds is 9. The summed E-state index contributed by atoms with van der Waals surface area (Å²) < 4.78 is 2.27. The normalized spacial score (nSPS) is 10.8. The number of hydrogen-bond acceptors (Lipinski definition) is 7. The molecule has 0 saturated heterocycles. The summed E-state index contributed by atoms with van der Waals surface area (Å²) in [6, 6.07) is 80.7. The summed E-state index contributed by atoms with van der Waals surface area (Å²) in [4.78, 5) is 12.0. The van der Waals surface area contributed by atoms with E-state index in [0.717, 1.165) is 61.2 Å². The Hall–Kier alpha value is -10.4. The van der Waals surface area contributed by atoms with Gasteiger partial charge in [-0.1, -0.05) is 121 Å². The molecule has 324 valence electrons. The van der Waals surface area contributed by atoms with Crippen LogP contribution in [0.4, 0.5) is 17.1 Å². The van der Waals surface area contributed by atoms with Crippen LogP contribution in [0.25, 0.3) is 83.6 Å². The van der Waals surface area contributed by atoms with Gasteiger partial charge in [-0.15, -0.1) is 0 Å². The molecule has 2 aromatic heterocycles. The lowest BCUT2D eigenvalue weighted by Gasteiger charge is -2.25. The van der Waals surface area contributed by atoms with Crippen LogP contribution in [0.2, 0.25) is 0 Å². The van der Waals surface area contributed by atoms with Gasteiger partial charge in [0.2, 0.25) is 0 Å². The number of nitrogens with zero attached hydrogens (tertiary/aromatic N) is 8. The van der Waals surface area contributed by atoms with Gasteiger partial charge in [0.1, 0.15) is 0 Å². The zero-order valence-electron chi connectivity index (χ0n) is 37.4. The summed E-state index contributed by atoms with van der Waals surface area (Å²) in [6.45, 7) is 0. The van der Waals surface area contributed by atoms with Gasteiger partial charge in [-0.2, -0.15) is 21.0 Å². The molecule has 70 heavy (non-hydrogen) atoms. The number of anilines is 3. The van der Waals surface area contributed by atoms with Crippen molar-refractivity contribution >= 4 is 38.9 Å². The van der Waals surface area contributed by atoms with E-state index >= 15 is 0 Å². The zero-order valence-corrected chi connectivity index (χ0v) is 37.4. The highest BCUT2D eigenvalue weighted by atomic mass is 15.1. The fraction of sp³-hybridized carbons (Fsp3) is 0. The van der Waals surface area contributed by atoms with Crippen molar-refractivity contribution < 1.29 is 0 Å². The summed E-state index contributed by atoms with van der Waals surface area (Å²) in [7, 11) is 0. The van der Waals surface area contributed by atoms with Gasteiger partial charge in [-0.25, -0.2) is 9.97 Å². The van der Waals surface area contributed by atoms with E-state index < -0.39 is 0 Å². The Kier molecular flexibility index (Phi) is 10.9. The molecule has 11 aromatic rings. The molecule has 0 aliphatic heterocycles. The van der Waals surface area contributed by atoms with E-state index in [1.165, 1.54) is 0 Å². The third-order valence-electron chi connectivity index (χ3n) is 12.6. The molecule has 0 N–H and O–H groups in total. The van der Waals surface area contributed by atoms with Gasteiger partial charge in [0.25, 0.3) is 0 Å². The minimum Gasteiger partial charge on any atom is -0.310 e. The van der Waals surface area contributed by atoms with Gasteiger partial charge >= 0.3 is 0 Å².